The van der Waals surface area contributed by atoms with Crippen LogP contribution in [0, 0.1) is 0 Å². The SMILES string of the molecule is CCC1CCCN1O/N=C/CCc1nc(-c2ccccc2)c(-c2ccccc2)o1. The summed E-state index contributed by atoms with van der Waals surface area (Å²) in [6.45, 7) is 3.14. The lowest BCUT2D eigenvalue weighted by Gasteiger charge is -2.18. The Hall–Kier alpha value is -2.92. The lowest BCUT2D eigenvalue weighted by atomic mass is 10.1. The molecule has 150 valence electrons. The Morgan fingerprint density at radius 1 is 1.10 bits per heavy atom. The number of hydrogen-bond donors (Lipinski definition) is 0. The summed E-state index contributed by atoms with van der Waals surface area (Å²) in [5.74, 6) is 1.52. The van der Waals surface area contributed by atoms with Gasteiger partial charge in [0.1, 0.15) is 5.69 Å². The first kappa shape index (κ1) is 19.4. The maximum absolute atomic E-state index is 6.15. The largest absolute Gasteiger partial charge is 0.440 e. The van der Waals surface area contributed by atoms with Crippen molar-refractivity contribution in [3.8, 4) is 22.6 Å². The maximum Gasteiger partial charge on any atom is 0.195 e. The highest BCUT2D eigenvalue weighted by atomic mass is 16.8. The van der Waals surface area contributed by atoms with Gasteiger partial charge in [-0.3, -0.25) is 4.94 Å². The lowest BCUT2D eigenvalue weighted by molar-refractivity contribution is -0.168. The fourth-order valence-corrected chi connectivity index (χ4v) is 3.71. The normalized spacial score (nSPS) is 17.2. The van der Waals surface area contributed by atoms with E-state index in [1.807, 2.05) is 53.6 Å². The Kier molecular flexibility index (Phi) is 6.37. The molecule has 2 heterocycles. The van der Waals surface area contributed by atoms with Gasteiger partial charge in [0.15, 0.2) is 11.7 Å². The average molecular weight is 389 g/mol. The van der Waals surface area contributed by atoms with Crippen LogP contribution in [0.2, 0.25) is 0 Å². The zero-order chi connectivity index (χ0) is 19.9. The third kappa shape index (κ3) is 4.74. The quantitative estimate of drug-likeness (QED) is 0.364. The van der Waals surface area contributed by atoms with Gasteiger partial charge in [0.25, 0.3) is 0 Å². The number of benzene rings is 2. The first-order chi connectivity index (χ1) is 14.3. The van der Waals surface area contributed by atoms with Gasteiger partial charge >= 0.3 is 0 Å². The monoisotopic (exact) mass is 389 g/mol. The second-order valence-corrected chi connectivity index (χ2v) is 7.27. The molecule has 1 aliphatic heterocycles. The number of oxime groups is 1. The number of oxazole rings is 1. The van der Waals surface area contributed by atoms with Crippen LogP contribution >= 0.6 is 0 Å². The number of rotatable bonds is 8. The molecule has 5 nitrogen and oxygen atoms in total. The minimum absolute atomic E-state index is 0.487. The molecule has 29 heavy (non-hydrogen) atoms. The summed E-state index contributed by atoms with van der Waals surface area (Å²) in [5, 5.41) is 6.13. The van der Waals surface area contributed by atoms with Crippen LogP contribution in [-0.2, 0) is 11.4 Å². The van der Waals surface area contributed by atoms with Crippen molar-refractivity contribution in [2.45, 2.75) is 45.1 Å². The molecule has 0 amide bonds. The van der Waals surface area contributed by atoms with Crippen LogP contribution in [0.3, 0.4) is 0 Å². The van der Waals surface area contributed by atoms with E-state index < -0.39 is 0 Å². The molecule has 0 saturated carbocycles. The van der Waals surface area contributed by atoms with Gasteiger partial charge in [-0.05, 0) is 25.7 Å². The molecule has 0 spiro atoms. The van der Waals surface area contributed by atoms with Crippen molar-refractivity contribution < 1.29 is 9.36 Å². The summed E-state index contributed by atoms with van der Waals surface area (Å²) in [6, 6.07) is 20.8. The zero-order valence-corrected chi connectivity index (χ0v) is 16.8. The summed E-state index contributed by atoms with van der Waals surface area (Å²) in [7, 11) is 0. The molecule has 1 atom stereocenters. The topological polar surface area (TPSA) is 50.9 Å². The Morgan fingerprint density at radius 3 is 2.55 bits per heavy atom. The van der Waals surface area contributed by atoms with Gasteiger partial charge < -0.3 is 4.42 Å². The fourth-order valence-electron chi connectivity index (χ4n) is 3.71. The first-order valence-corrected chi connectivity index (χ1v) is 10.4. The summed E-state index contributed by atoms with van der Waals surface area (Å²) in [6.07, 6.45) is 6.65. The van der Waals surface area contributed by atoms with Crippen molar-refractivity contribution in [2.75, 3.05) is 6.54 Å². The van der Waals surface area contributed by atoms with Gasteiger partial charge in [-0.15, -0.1) is 5.06 Å². The molecule has 1 saturated heterocycles. The Morgan fingerprint density at radius 2 is 1.83 bits per heavy atom. The average Bonchev–Trinajstić information content (AvgIpc) is 3.41. The highest BCUT2D eigenvalue weighted by molar-refractivity contribution is 5.76. The van der Waals surface area contributed by atoms with Gasteiger partial charge in [-0.2, -0.15) is 0 Å². The van der Waals surface area contributed by atoms with Gasteiger partial charge in [0.05, 0.1) is 0 Å². The second kappa shape index (κ2) is 9.52. The number of hydrogen-bond acceptors (Lipinski definition) is 5. The molecular weight excluding hydrogens is 362 g/mol. The van der Waals surface area contributed by atoms with E-state index in [0.29, 0.717) is 24.8 Å². The van der Waals surface area contributed by atoms with Crippen molar-refractivity contribution >= 4 is 6.21 Å². The third-order valence-electron chi connectivity index (χ3n) is 5.26. The van der Waals surface area contributed by atoms with E-state index in [-0.39, 0.29) is 0 Å². The molecule has 4 rings (SSSR count). The van der Waals surface area contributed by atoms with Gasteiger partial charge in [-0.25, -0.2) is 4.98 Å². The van der Waals surface area contributed by atoms with Crippen molar-refractivity contribution in [1.82, 2.24) is 10.0 Å². The number of aryl methyl sites for hydroxylation is 1. The molecule has 5 heteroatoms. The van der Waals surface area contributed by atoms with Crippen LogP contribution in [0.4, 0.5) is 0 Å². The molecule has 0 radical (unpaired) electrons. The molecule has 2 aromatic carbocycles. The predicted molar refractivity (Wildman–Crippen MR) is 115 cm³/mol. The van der Waals surface area contributed by atoms with Crippen molar-refractivity contribution in [1.29, 1.82) is 0 Å². The minimum Gasteiger partial charge on any atom is -0.440 e. The Labute approximate surface area is 172 Å². The fraction of sp³-hybridized carbons (Fsp3) is 0.333. The van der Waals surface area contributed by atoms with Gasteiger partial charge in [-0.1, -0.05) is 72.7 Å². The Balaban J connectivity index is 1.44. The van der Waals surface area contributed by atoms with E-state index in [0.717, 1.165) is 35.5 Å². The molecular formula is C24H27N3O2. The highest BCUT2D eigenvalue weighted by Gasteiger charge is 2.24. The summed E-state index contributed by atoms with van der Waals surface area (Å²) < 4.78 is 6.15. The van der Waals surface area contributed by atoms with Gasteiger partial charge in [0.2, 0.25) is 0 Å². The van der Waals surface area contributed by atoms with Crippen LogP contribution in [0.1, 0.15) is 38.5 Å². The Bertz CT molecular complexity index is 865. The first-order valence-electron chi connectivity index (χ1n) is 10.4. The third-order valence-corrected chi connectivity index (χ3v) is 5.26. The van der Waals surface area contributed by atoms with Crippen molar-refractivity contribution in [3.05, 3.63) is 66.6 Å². The maximum atomic E-state index is 6.15. The summed E-state index contributed by atoms with van der Waals surface area (Å²) >= 11 is 0. The van der Waals surface area contributed by atoms with Gasteiger partial charge in [0, 0.05) is 36.3 Å². The second-order valence-electron chi connectivity index (χ2n) is 7.27. The molecule has 3 aromatic rings. The van der Waals surface area contributed by atoms with E-state index in [2.05, 4.69) is 24.2 Å². The number of hydroxylamine groups is 2. The van der Waals surface area contributed by atoms with Crippen molar-refractivity contribution in [3.63, 3.8) is 0 Å². The van der Waals surface area contributed by atoms with Crippen LogP contribution in [0.25, 0.3) is 22.6 Å². The summed E-state index contributed by atoms with van der Waals surface area (Å²) in [4.78, 5) is 10.3. The van der Waals surface area contributed by atoms with Crippen LogP contribution in [0.5, 0.6) is 0 Å². The molecule has 1 aliphatic rings. The molecule has 0 bridgehead atoms. The van der Waals surface area contributed by atoms with Crippen LogP contribution < -0.4 is 0 Å². The van der Waals surface area contributed by atoms with E-state index in [1.165, 1.54) is 12.8 Å². The smallest absolute Gasteiger partial charge is 0.195 e. The minimum atomic E-state index is 0.487. The summed E-state index contributed by atoms with van der Waals surface area (Å²) in [5.41, 5.74) is 2.96. The van der Waals surface area contributed by atoms with E-state index >= 15 is 0 Å². The molecule has 0 aliphatic carbocycles. The van der Waals surface area contributed by atoms with E-state index in [4.69, 9.17) is 14.3 Å². The predicted octanol–water partition coefficient (Wildman–Crippen LogP) is 5.73. The lowest BCUT2D eigenvalue weighted by Crippen LogP contribution is -2.27. The molecule has 0 N–H and O–H groups in total. The molecule has 1 fully saturated rings. The molecule has 1 unspecified atom stereocenters. The number of aromatic nitrogens is 1. The van der Waals surface area contributed by atoms with Crippen LogP contribution in [0.15, 0.2) is 70.2 Å². The standard InChI is InChI=1S/C24H27N3O2/c1-2-21-15-10-18-27(21)29-25-17-9-16-22-26-23(19-11-5-3-6-12-19)24(28-22)20-13-7-4-8-14-20/h3-8,11-14,17,21H,2,9-10,15-16,18H2,1H3/b25-17+. The number of nitrogens with zero attached hydrogens (tertiary/aromatic N) is 3. The van der Waals surface area contributed by atoms with Crippen LogP contribution in [-0.4, -0.2) is 28.8 Å². The zero-order valence-electron chi connectivity index (χ0n) is 16.8. The van der Waals surface area contributed by atoms with E-state index in [1.54, 1.807) is 6.21 Å². The van der Waals surface area contributed by atoms with Crippen molar-refractivity contribution in [2.24, 2.45) is 5.16 Å². The van der Waals surface area contributed by atoms with E-state index in [9.17, 15) is 0 Å². The molecule has 1 aromatic heterocycles. The highest BCUT2D eigenvalue weighted by Crippen LogP contribution is 2.32.